The Morgan fingerprint density at radius 1 is 1.50 bits per heavy atom. The molecule has 0 radical (unpaired) electrons. The molecule has 1 aliphatic carbocycles. The van der Waals surface area contributed by atoms with Crippen molar-refractivity contribution in [3.63, 3.8) is 0 Å². The summed E-state index contributed by atoms with van der Waals surface area (Å²) in [6.45, 7) is 6.38. The molecule has 1 heterocycles. The fourth-order valence-electron chi connectivity index (χ4n) is 1.44. The predicted molar refractivity (Wildman–Crippen MR) is 67.9 cm³/mol. The Balaban J connectivity index is 2.20. The van der Waals surface area contributed by atoms with E-state index in [9.17, 15) is 4.79 Å². The second-order valence-corrected chi connectivity index (χ2v) is 6.47. The van der Waals surface area contributed by atoms with Crippen molar-refractivity contribution >= 4 is 22.2 Å². The van der Waals surface area contributed by atoms with Crippen molar-refractivity contribution in [1.29, 1.82) is 0 Å². The number of hydrogen-bond donors (Lipinski definition) is 2. The van der Waals surface area contributed by atoms with E-state index in [-0.39, 0.29) is 11.3 Å². The first kappa shape index (κ1) is 11.5. The van der Waals surface area contributed by atoms with Crippen LogP contribution in [-0.2, 0) is 5.41 Å². The van der Waals surface area contributed by atoms with Gasteiger partial charge in [0.15, 0.2) is 0 Å². The third-order valence-electron chi connectivity index (χ3n) is 2.66. The number of anilines is 1. The van der Waals surface area contributed by atoms with Crippen LogP contribution < -0.4 is 11.1 Å². The second kappa shape index (κ2) is 3.77. The maximum atomic E-state index is 11.9. The van der Waals surface area contributed by atoms with Gasteiger partial charge < -0.3 is 11.1 Å². The molecule has 1 amide bonds. The lowest BCUT2D eigenvalue weighted by Crippen LogP contribution is -2.25. The fraction of sp³-hybridized carbons (Fsp3) is 0.583. The van der Waals surface area contributed by atoms with Gasteiger partial charge in [0, 0.05) is 10.9 Å². The third-order valence-corrected chi connectivity index (χ3v) is 4.05. The van der Waals surface area contributed by atoms with Gasteiger partial charge in [0.05, 0.1) is 10.6 Å². The Morgan fingerprint density at radius 2 is 2.12 bits per heavy atom. The number of nitrogens with two attached hydrogens (primary N) is 1. The van der Waals surface area contributed by atoms with Gasteiger partial charge in [-0.05, 0) is 24.3 Å². The third kappa shape index (κ3) is 2.38. The fourth-order valence-corrected chi connectivity index (χ4v) is 2.42. The van der Waals surface area contributed by atoms with Crippen LogP contribution in [0.5, 0.6) is 0 Å². The molecule has 1 fully saturated rings. The number of thiophene rings is 1. The minimum atomic E-state index is -0.0215. The van der Waals surface area contributed by atoms with Crippen LogP contribution in [-0.4, -0.2) is 11.9 Å². The molecule has 0 aliphatic heterocycles. The largest absolute Gasteiger partial charge is 0.390 e. The summed E-state index contributed by atoms with van der Waals surface area (Å²) in [5.74, 6) is -0.0215. The molecule has 0 saturated heterocycles. The van der Waals surface area contributed by atoms with Gasteiger partial charge in [-0.2, -0.15) is 0 Å². The molecule has 1 saturated carbocycles. The maximum Gasteiger partial charge on any atom is 0.254 e. The van der Waals surface area contributed by atoms with E-state index in [4.69, 9.17) is 5.73 Å². The predicted octanol–water partition coefficient (Wildman–Crippen LogP) is 2.52. The number of carbonyl (C=O) groups excluding carboxylic acids is 1. The van der Waals surface area contributed by atoms with Gasteiger partial charge in [-0.25, -0.2) is 0 Å². The Bertz CT molecular complexity index is 413. The van der Waals surface area contributed by atoms with Crippen molar-refractivity contribution in [3.05, 3.63) is 16.5 Å². The van der Waals surface area contributed by atoms with E-state index < -0.39 is 0 Å². The highest BCUT2D eigenvalue weighted by Crippen LogP contribution is 2.34. The lowest BCUT2D eigenvalue weighted by Gasteiger charge is -2.15. The second-order valence-electron chi connectivity index (χ2n) is 5.39. The molecule has 88 valence electrons. The van der Waals surface area contributed by atoms with E-state index in [2.05, 4.69) is 26.1 Å². The number of hydrogen-bond acceptors (Lipinski definition) is 3. The van der Waals surface area contributed by atoms with Gasteiger partial charge in [0.2, 0.25) is 0 Å². The molecule has 0 atom stereocenters. The summed E-state index contributed by atoms with van der Waals surface area (Å²) in [6, 6.07) is 2.31. The van der Waals surface area contributed by atoms with Gasteiger partial charge in [-0.3, -0.25) is 4.79 Å². The van der Waals surface area contributed by atoms with Crippen LogP contribution >= 0.6 is 11.3 Å². The molecule has 0 aromatic carbocycles. The quantitative estimate of drug-likeness (QED) is 0.832. The maximum absolute atomic E-state index is 11.9. The molecule has 3 N–H and O–H groups in total. The highest BCUT2D eigenvalue weighted by atomic mass is 32.1. The van der Waals surface area contributed by atoms with Crippen molar-refractivity contribution in [2.24, 2.45) is 0 Å². The summed E-state index contributed by atoms with van der Waals surface area (Å²) in [7, 11) is 0. The van der Waals surface area contributed by atoms with Crippen LogP contribution in [0.4, 0.5) is 5.00 Å². The van der Waals surface area contributed by atoms with Crippen molar-refractivity contribution < 1.29 is 4.79 Å². The van der Waals surface area contributed by atoms with Crippen LogP contribution in [0.3, 0.4) is 0 Å². The molecule has 0 unspecified atom stereocenters. The molecule has 1 aliphatic rings. The molecule has 0 bridgehead atoms. The summed E-state index contributed by atoms with van der Waals surface area (Å²) >= 11 is 1.51. The Labute approximate surface area is 100 Å². The van der Waals surface area contributed by atoms with Crippen LogP contribution in [0.25, 0.3) is 0 Å². The van der Waals surface area contributed by atoms with Crippen molar-refractivity contribution in [2.45, 2.75) is 45.1 Å². The van der Waals surface area contributed by atoms with E-state index in [1.165, 1.54) is 11.3 Å². The average molecular weight is 238 g/mol. The number of rotatable bonds is 2. The summed E-state index contributed by atoms with van der Waals surface area (Å²) in [6.07, 6.45) is 2.20. The van der Waals surface area contributed by atoms with E-state index in [1.54, 1.807) is 0 Å². The van der Waals surface area contributed by atoms with E-state index in [0.717, 1.165) is 17.7 Å². The first-order valence-electron chi connectivity index (χ1n) is 5.58. The highest BCUT2D eigenvalue weighted by Gasteiger charge is 2.27. The monoisotopic (exact) mass is 238 g/mol. The van der Waals surface area contributed by atoms with Crippen LogP contribution in [0.1, 0.15) is 48.8 Å². The summed E-state index contributed by atoms with van der Waals surface area (Å²) in [4.78, 5) is 13.0. The van der Waals surface area contributed by atoms with E-state index in [1.807, 2.05) is 6.07 Å². The molecule has 1 aromatic heterocycles. The van der Waals surface area contributed by atoms with Crippen molar-refractivity contribution in [1.82, 2.24) is 5.32 Å². The minimum Gasteiger partial charge on any atom is -0.390 e. The normalized spacial score (nSPS) is 16.2. The Morgan fingerprint density at radius 3 is 2.56 bits per heavy atom. The van der Waals surface area contributed by atoms with Crippen molar-refractivity contribution in [2.75, 3.05) is 5.73 Å². The first-order chi connectivity index (χ1) is 7.38. The molecule has 16 heavy (non-hydrogen) atoms. The smallest absolute Gasteiger partial charge is 0.254 e. The number of carbonyl (C=O) groups is 1. The van der Waals surface area contributed by atoms with E-state index in [0.29, 0.717) is 16.6 Å². The Hall–Kier alpha value is -1.03. The van der Waals surface area contributed by atoms with E-state index >= 15 is 0 Å². The zero-order valence-corrected chi connectivity index (χ0v) is 10.8. The molecular weight excluding hydrogens is 220 g/mol. The van der Waals surface area contributed by atoms with Gasteiger partial charge >= 0.3 is 0 Å². The summed E-state index contributed by atoms with van der Waals surface area (Å²) < 4.78 is 0. The van der Waals surface area contributed by atoms with Crippen molar-refractivity contribution in [3.8, 4) is 0 Å². The number of amides is 1. The zero-order valence-electron chi connectivity index (χ0n) is 9.96. The number of nitrogen functional groups attached to an aromatic ring is 1. The van der Waals surface area contributed by atoms with Gasteiger partial charge in [-0.15, -0.1) is 11.3 Å². The van der Waals surface area contributed by atoms with Gasteiger partial charge in [-0.1, -0.05) is 20.8 Å². The molecule has 1 aromatic rings. The SMILES string of the molecule is CC(C)(C)c1cc(C(=O)NC2CC2)c(N)s1. The molecule has 2 rings (SSSR count). The summed E-state index contributed by atoms with van der Waals surface area (Å²) in [5.41, 5.74) is 6.59. The van der Waals surface area contributed by atoms with Gasteiger partial charge in [0.25, 0.3) is 5.91 Å². The standard InChI is InChI=1S/C12H18N2OS/c1-12(2,3)9-6-8(10(13)16-9)11(15)14-7-4-5-7/h6-7H,4-5,13H2,1-3H3,(H,14,15). The molecule has 3 nitrogen and oxygen atoms in total. The molecule has 0 spiro atoms. The zero-order chi connectivity index (χ0) is 11.9. The number of nitrogens with one attached hydrogen (secondary N) is 1. The Kier molecular flexibility index (Phi) is 2.70. The van der Waals surface area contributed by atoms with Crippen LogP contribution in [0.2, 0.25) is 0 Å². The average Bonchev–Trinajstić information content (AvgIpc) is 2.85. The van der Waals surface area contributed by atoms with Crippen LogP contribution in [0, 0.1) is 0 Å². The lowest BCUT2D eigenvalue weighted by molar-refractivity contribution is 0.0952. The minimum absolute atomic E-state index is 0.0215. The lowest BCUT2D eigenvalue weighted by atomic mass is 9.94. The summed E-state index contributed by atoms with van der Waals surface area (Å²) in [5, 5.41) is 3.59. The highest BCUT2D eigenvalue weighted by molar-refractivity contribution is 7.16. The van der Waals surface area contributed by atoms with Crippen LogP contribution in [0.15, 0.2) is 6.07 Å². The topological polar surface area (TPSA) is 55.1 Å². The first-order valence-corrected chi connectivity index (χ1v) is 6.40. The molecule has 4 heteroatoms. The van der Waals surface area contributed by atoms with Gasteiger partial charge in [0.1, 0.15) is 0 Å². The molecular formula is C12H18N2OS.